The summed E-state index contributed by atoms with van der Waals surface area (Å²) in [6, 6.07) is 5.76. The van der Waals surface area contributed by atoms with Crippen molar-refractivity contribution in [1.82, 2.24) is 14.6 Å². The first kappa shape index (κ1) is 11.0. The summed E-state index contributed by atoms with van der Waals surface area (Å²) in [7, 11) is 0. The van der Waals surface area contributed by atoms with Gasteiger partial charge in [-0.25, -0.2) is 0 Å². The van der Waals surface area contributed by atoms with E-state index in [9.17, 15) is 4.79 Å². The summed E-state index contributed by atoms with van der Waals surface area (Å²) >= 11 is 0. The number of piperidine rings is 1. The van der Waals surface area contributed by atoms with Gasteiger partial charge in [0.2, 0.25) is 5.95 Å². The minimum absolute atomic E-state index is 0.222. The maximum absolute atomic E-state index is 10.9. The van der Waals surface area contributed by atoms with Crippen LogP contribution in [0.4, 0.5) is 5.95 Å². The van der Waals surface area contributed by atoms with Crippen LogP contribution in [0.15, 0.2) is 24.4 Å². The lowest BCUT2D eigenvalue weighted by molar-refractivity contribution is -0.142. The van der Waals surface area contributed by atoms with Crippen molar-refractivity contribution < 1.29 is 9.90 Å². The first-order valence-electron chi connectivity index (χ1n) is 6.03. The minimum atomic E-state index is -0.694. The Balaban J connectivity index is 1.82. The molecule has 6 heteroatoms. The summed E-state index contributed by atoms with van der Waals surface area (Å²) in [5.41, 5.74) is 0.813. The Labute approximate surface area is 104 Å². The molecule has 0 saturated carbocycles. The molecule has 0 radical (unpaired) electrons. The van der Waals surface area contributed by atoms with Gasteiger partial charge < -0.3 is 10.0 Å². The molecular formula is C12H14N4O2. The summed E-state index contributed by atoms with van der Waals surface area (Å²) in [4.78, 5) is 13.0. The first-order chi connectivity index (χ1) is 8.75. The highest BCUT2D eigenvalue weighted by Gasteiger charge is 2.26. The van der Waals surface area contributed by atoms with E-state index in [4.69, 9.17) is 5.11 Å². The Morgan fingerprint density at radius 2 is 2.06 bits per heavy atom. The number of carboxylic acids is 1. The predicted molar refractivity (Wildman–Crippen MR) is 65.6 cm³/mol. The number of rotatable bonds is 2. The Kier molecular flexibility index (Phi) is 2.62. The van der Waals surface area contributed by atoms with Crippen LogP contribution in [0.2, 0.25) is 0 Å². The molecule has 1 aliphatic heterocycles. The number of aliphatic carboxylic acids is 1. The van der Waals surface area contributed by atoms with Gasteiger partial charge in [-0.1, -0.05) is 6.07 Å². The quantitative estimate of drug-likeness (QED) is 0.857. The zero-order valence-corrected chi connectivity index (χ0v) is 9.86. The molecule has 2 aromatic heterocycles. The van der Waals surface area contributed by atoms with Crippen molar-refractivity contribution in [2.24, 2.45) is 5.92 Å². The topological polar surface area (TPSA) is 70.7 Å². The minimum Gasteiger partial charge on any atom is -0.481 e. The van der Waals surface area contributed by atoms with E-state index in [1.54, 1.807) is 0 Å². The van der Waals surface area contributed by atoms with Crippen LogP contribution < -0.4 is 4.90 Å². The van der Waals surface area contributed by atoms with Crippen LogP contribution in [-0.2, 0) is 4.79 Å². The van der Waals surface area contributed by atoms with E-state index in [0.717, 1.165) is 11.6 Å². The van der Waals surface area contributed by atoms with Gasteiger partial charge in [-0.2, -0.15) is 0 Å². The Morgan fingerprint density at radius 1 is 1.28 bits per heavy atom. The summed E-state index contributed by atoms with van der Waals surface area (Å²) < 4.78 is 1.93. The number of nitrogens with zero attached hydrogens (tertiary/aromatic N) is 4. The highest BCUT2D eigenvalue weighted by molar-refractivity contribution is 5.70. The third kappa shape index (κ3) is 1.79. The summed E-state index contributed by atoms with van der Waals surface area (Å²) in [6.45, 7) is 1.43. The second-order valence-corrected chi connectivity index (χ2v) is 4.53. The maximum Gasteiger partial charge on any atom is 0.306 e. The molecule has 2 aromatic rings. The molecule has 1 fully saturated rings. The van der Waals surface area contributed by atoms with Crippen molar-refractivity contribution in [3.05, 3.63) is 24.4 Å². The number of aromatic nitrogens is 3. The van der Waals surface area contributed by atoms with Crippen LogP contribution in [0.5, 0.6) is 0 Å². The van der Waals surface area contributed by atoms with E-state index in [1.807, 2.05) is 28.8 Å². The van der Waals surface area contributed by atoms with E-state index in [1.165, 1.54) is 0 Å². The van der Waals surface area contributed by atoms with Gasteiger partial charge in [0.05, 0.1) is 5.92 Å². The third-order valence-corrected chi connectivity index (χ3v) is 3.42. The largest absolute Gasteiger partial charge is 0.481 e. The smallest absolute Gasteiger partial charge is 0.306 e. The molecule has 0 bridgehead atoms. The number of pyridine rings is 1. The van der Waals surface area contributed by atoms with Gasteiger partial charge in [0.25, 0.3) is 0 Å². The predicted octanol–water partition coefficient (Wildman–Crippen LogP) is 1.03. The van der Waals surface area contributed by atoms with Gasteiger partial charge in [-0.05, 0) is 25.0 Å². The summed E-state index contributed by atoms with van der Waals surface area (Å²) in [5.74, 6) is -0.115. The second-order valence-electron chi connectivity index (χ2n) is 4.53. The van der Waals surface area contributed by atoms with Crippen molar-refractivity contribution in [3.63, 3.8) is 0 Å². The molecule has 0 spiro atoms. The van der Waals surface area contributed by atoms with Gasteiger partial charge in [0.15, 0.2) is 5.65 Å². The summed E-state index contributed by atoms with van der Waals surface area (Å²) in [6.07, 6.45) is 3.25. The second kappa shape index (κ2) is 4.29. The molecular weight excluding hydrogens is 232 g/mol. The number of anilines is 1. The lowest BCUT2D eigenvalue weighted by Crippen LogP contribution is -2.37. The molecule has 0 atom stereocenters. The van der Waals surface area contributed by atoms with Crippen LogP contribution in [0.25, 0.3) is 5.65 Å². The van der Waals surface area contributed by atoms with Crippen LogP contribution in [0, 0.1) is 5.92 Å². The zero-order chi connectivity index (χ0) is 12.5. The normalized spacial score (nSPS) is 17.2. The molecule has 0 amide bonds. The fraction of sp³-hybridized carbons (Fsp3) is 0.417. The van der Waals surface area contributed by atoms with Gasteiger partial charge in [0, 0.05) is 19.3 Å². The highest BCUT2D eigenvalue weighted by Crippen LogP contribution is 2.22. The molecule has 1 saturated heterocycles. The van der Waals surface area contributed by atoms with Crippen LogP contribution >= 0.6 is 0 Å². The van der Waals surface area contributed by atoms with Gasteiger partial charge in [-0.3, -0.25) is 9.20 Å². The number of carbonyl (C=O) groups is 1. The molecule has 3 rings (SSSR count). The standard InChI is InChI=1S/C12H14N4O2/c17-11(18)9-4-7-15(8-5-9)12-14-13-10-3-1-2-6-16(10)12/h1-3,6,9H,4-5,7-8H2,(H,17,18). The zero-order valence-electron chi connectivity index (χ0n) is 9.86. The number of carboxylic acid groups (broad SMARTS) is 1. The highest BCUT2D eigenvalue weighted by atomic mass is 16.4. The average molecular weight is 246 g/mol. The Hall–Kier alpha value is -2.11. The molecule has 0 aromatic carbocycles. The lowest BCUT2D eigenvalue weighted by atomic mass is 9.97. The monoisotopic (exact) mass is 246 g/mol. The fourth-order valence-corrected chi connectivity index (χ4v) is 2.37. The Bertz CT molecular complexity index is 572. The van der Waals surface area contributed by atoms with Crippen molar-refractivity contribution in [2.75, 3.05) is 18.0 Å². The van der Waals surface area contributed by atoms with E-state index in [0.29, 0.717) is 25.9 Å². The SMILES string of the molecule is O=C(O)C1CCN(c2nnc3ccccn23)CC1. The molecule has 3 heterocycles. The molecule has 94 valence electrons. The van der Waals surface area contributed by atoms with E-state index >= 15 is 0 Å². The van der Waals surface area contributed by atoms with Gasteiger partial charge in [0.1, 0.15) is 0 Å². The van der Waals surface area contributed by atoms with Crippen LogP contribution in [0.3, 0.4) is 0 Å². The molecule has 18 heavy (non-hydrogen) atoms. The molecule has 0 aliphatic carbocycles. The summed E-state index contributed by atoms with van der Waals surface area (Å²) in [5, 5.41) is 17.3. The third-order valence-electron chi connectivity index (χ3n) is 3.42. The maximum atomic E-state index is 10.9. The van der Waals surface area contributed by atoms with Gasteiger partial charge >= 0.3 is 5.97 Å². The van der Waals surface area contributed by atoms with Crippen LogP contribution in [0.1, 0.15) is 12.8 Å². The van der Waals surface area contributed by atoms with Crippen molar-refractivity contribution in [1.29, 1.82) is 0 Å². The van der Waals surface area contributed by atoms with E-state index in [2.05, 4.69) is 15.1 Å². The number of hydrogen-bond donors (Lipinski definition) is 1. The molecule has 1 N–H and O–H groups in total. The van der Waals surface area contributed by atoms with Crippen molar-refractivity contribution in [3.8, 4) is 0 Å². The van der Waals surface area contributed by atoms with E-state index < -0.39 is 5.97 Å². The first-order valence-corrected chi connectivity index (χ1v) is 6.03. The lowest BCUT2D eigenvalue weighted by Gasteiger charge is -2.29. The fourth-order valence-electron chi connectivity index (χ4n) is 2.37. The van der Waals surface area contributed by atoms with Crippen molar-refractivity contribution in [2.45, 2.75) is 12.8 Å². The van der Waals surface area contributed by atoms with Crippen LogP contribution in [-0.4, -0.2) is 38.8 Å². The van der Waals surface area contributed by atoms with Crippen molar-refractivity contribution >= 4 is 17.6 Å². The Morgan fingerprint density at radius 3 is 2.78 bits per heavy atom. The van der Waals surface area contributed by atoms with Gasteiger partial charge in [-0.15, -0.1) is 10.2 Å². The molecule has 1 aliphatic rings. The molecule has 6 nitrogen and oxygen atoms in total. The average Bonchev–Trinajstić information content (AvgIpc) is 2.82. The molecule has 0 unspecified atom stereocenters. The number of hydrogen-bond acceptors (Lipinski definition) is 4. The van der Waals surface area contributed by atoms with E-state index in [-0.39, 0.29) is 5.92 Å². The number of fused-ring (bicyclic) bond motifs is 1.